The number of piperidine rings is 1. The fraction of sp³-hybridized carbons (Fsp3) is 0.286. The molecule has 0 aliphatic carbocycles. The van der Waals surface area contributed by atoms with Crippen LogP contribution in [0.4, 0.5) is 0 Å². The number of rotatable bonds is 5. The summed E-state index contributed by atoms with van der Waals surface area (Å²) in [5.41, 5.74) is 1.03. The van der Waals surface area contributed by atoms with Gasteiger partial charge in [0.15, 0.2) is 6.61 Å². The lowest BCUT2D eigenvalue weighted by atomic mass is 9.95. The van der Waals surface area contributed by atoms with Crippen molar-refractivity contribution in [1.29, 1.82) is 0 Å². The van der Waals surface area contributed by atoms with Crippen molar-refractivity contribution in [2.24, 2.45) is 0 Å². The number of H-pyrrole nitrogens is 1. The van der Waals surface area contributed by atoms with Crippen LogP contribution in [0, 0.1) is 0 Å². The molecule has 29 heavy (non-hydrogen) atoms. The minimum atomic E-state index is -0.195. The SMILES string of the molecule is O=C(COc1cccnc1)N1CCC(c2nc(-c3ccccn3)cc(=O)[nH]2)CC1. The van der Waals surface area contributed by atoms with Crippen LogP contribution in [0.15, 0.2) is 59.8 Å². The minimum absolute atomic E-state index is 0.0133. The Bertz CT molecular complexity index is 1020. The average molecular weight is 391 g/mol. The van der Waals surface area contributed by atoms with E-state index in [0.29, 0.717) is 36.1 Å². The van der Waals surface area contributed by atoms with Gasteiger partial charge in [-0.2, -0.15) is 0 Å². The summed E-state index contributed by atoms with van der Waals surface area (Å²) in [6.45, 7) is 1.18. The molecule has 1 aliphatic rings. The Hall–Kier alpha value is -3.55. The summed E-state index contributed by atoms with van der Waals surface area (Å²) in [5, 5.41) is 0. The normalized spacial score (nSPS) is 14.6. The van der Waals surface area contributed by atoms with Gasteiger partial charge in [0.1, 0.15) is 11.6 Å². The molecule has 3 aromatic heterocycles. The summed E-state index contributed by atoms with van der Waals surface area (Å²) >= 11 is 0. The van der Waals surface area contributed by atoms with E-state index in [1.165, 1.54) is 6.07 Å². The summed E-state index contributed by atoms with van der Waals surface area (Å²) in [4.78, 5) is 42.0. The van der Waals surface area contributed by atoms with Crippen molar-refractivity contribution in [2.75, 3.05) is 19.7 Å². The van der Waals surface area contributed by atoms with Gasteiger partial charge in [0, 0.05) is 37.5 Å². The molecule has 1 saturated heterocycles. The smallest absolute Gasteiger partial charge is 0.260 e. The first-order valence-electron chi connectivity index (χ1n) is 9.52. The molecule has 4 rings (SSSR count). The average Bonchev–Trinajstić information content (AvgIpc) is 2.78. The highest BCUT2D eigenvalue weighted by Crippen LogP contribution is 2.26. The van der Waals surface area contributed by atoms with E-state index >= 15 is 0 Å². The first-order chi connectivity index (χ1) is 14.2. The molecule has 1 N–H and O–H groups in total. The fourth-order valence-corrected chi connectivity index (χ4v) is 3.39. The molecule has 0 atom stereocenters. The van der Waals surface area contributed by atoms with Crippen LogP contribution in [0.5, 0.6) is 5.75 Å². The molecule has 0 spiro atoms. The highest BCUT2D eigenvalue weighted by atomic mass is 16.5. The van der Waals surface area contributed by atoms with Crippen LogP contribution in [-0.2, 0) is 4.79 Å². The molecule has 0 bridgehead atoms. The quantitative estimate of drug-likeness (QED) is 0.714. The summed E-state index contributed by atoms with van der Waals surface area (Å²) in [7, 11) is 0. The molecular formula is C21H21N5O3. The number of hydrogen-bond acceptors (Lipinski definition) is 6. The number of carbonyl (C=O) groups is 1. The van der Waals surface area contributed by atoms with Crippen molar-refractivity contribution in [1.82, 2.24) is 24.8 Å². The molecule has 0 aromatic carbocycles. The van der Waals surface area contributed by atoms with Crippen molar-refractivity contribution in [2.45, 2.75) is 18.8 Å². The molecule has 0 radical (unpaired) electrons. The van der Waals surface area contributed by atoms with Gasteiger partial charge in [0.05, 0.1) is 17.6 Å². The Morgan fingerprint density at radius 1 is 1.14 bits per heavy atom. The Kier molecular flexibility index (Phi) is 5.60. The summed E-state index contributed by atoms with van der Waals surface area (Å²) in [6, 6.07) is 10.5. The van der Waals surface area contributed by atoms with Crippen LogP contribution < -0.4 is 10.3 Å². The molecule has 0 saturated carbocycles. The highest BCUT2D eigenvalue weighted by molar-refractivity contribution is 5.77. The molecule has 148 valence electrons. The molecule has 4 heterocycles. The highest BCUT2D eigenvalue weighted by Gasteiger charge is 2.26. The molecule has 3 aromatic rings. The number of aromatic amines is 1. The van der Waals surface area contributed by atoms with Gasteiger partial charge in [-0.05, 0) is 37.1 Å². The summed E-state index contributed by atoms with van der Waals surface area (Å²) in [6.07, 6.45) is 6.37. The number of pyridine rings is 2. The van der Waals surface area contributed by atoms with E-state index in [1.54, 1.807) is 35.6 Å². The van der Waals surface area contributed by atoms with Gasteiger partial charge >= 0.3 is 0 Å². The number of carbonyl (C=O) groups excluding carboxylic acids is 1. The Balaban J connectivity index is 1.38. The van der Waals surface area contributed by atoms with Gasteiger partial charge < -0.3 is 14.6 Å². The zero-order valence-electron chi connectivity index (χ0n) is 15.8. The van der Waals surface area contributed by atoms with E-state index in [-0.39, 0.29) is 24.0 Å². The largest absolute Gasteiger partial charge is 0.482 e. The number of nitrogens with zero attached hydrogens (tertiary/aromatic N) is 4. The lowest BCUT2D eigenvalue weighted by Gasteiger charge is -2.31. The third kappa shape index (κ3) is 4.66. The van der Waals surface area contributed by atoms with Crippen molar-refractivity contribution in [3.05, 3.63) is 71.2 Å². The van der Waals surface area contributed by atoms with Crippen molar-refractivity contribution in [3.63, 3.8) is 0 Å². The number of likely N-dealkylation sites (tertiary alicyclic amines) is 1. The van der Waals surface area contributed by atoms with E-state index in [1.807, 2.05) is 18.2 Å². The van der Waals surface area contributed by atoms with E-state index in [2.05, 4.69) is 19.9 Å². The van der Waals surface area contributed by atoms with Crippen LogP contribution in [0.2, 0.25) is 0 Å². The zero-order valence-corrected chi connectivity index (χ0v) is 15.8. The number of amides is 1. The second-order valence-electron chi connectivity index (χ2n) is 6.86. The van der Waals surface area contributed by atoms with E-state index in [4.69, 9.17) is 4.74 Å². The lowest BCUT2D eigenvalue weighted by molar-refractivity contribution is -0.134. The zero-order chi connectivity index (χ0) is 20.1. The first-order valence-corrected chi connectivity index (χ1v) is 9.52. The number of ether oxygens (including phenoxy) is 1. The lowest BCUT2D eigenvalue weighted by Crippen LogP contribution is -2.41. The Labute approximate surface area is 167 Å². The van der Waals surface area contributed by atoms with Crippen molar-refractivity contribution in [3.8, 4) is 17.1 Å². The Morgan fingerprint density at radius 3 is 2.72 bits per heavy atom. The fourth-order valence-electron chi connectivity index (χ4n) is 3.39. The van der Waals surface area contributed by atoms with Crippen molar-refractivity contribution < 1.29 is 9.53 Å². The number of nitrogens with one attached hydrogen (secondary N) is 1. The van der Waals surface area contributed by atoms with Gasteiger partial charge in [-0.25, -0.2) is 4.98 Å². The van der Waals surface area contributed by atoms with Gasteiger partial charge in [0.2, 0.25) is 0 Å². The Morgan fingerprint density at radius 2 is 2.00 bits per heavy atom. The van der Waals surface area contributed by atoms with Gasteiger partial charge in [-0.1, -0.05) is 6.07 Å². The standard InChI is InChI=1S/C21H21N5O3/c27-19-12-18(17-5-1-2-9-23-17)24-21(25-19)15-6-10-26(11-7-15)20(28)14-29-16-4-3-8-22-13-16/h1-5,8-9,12-13,15H,6-7,10-11,14H2,(H,24,25,27). The minimum Gasteiger partial charge on any atom is -0.482 e. The maximum atomic E-state index is 12.4. The summed E-state index contributed by atoms with van der Waals surface area (Å²) < 4.78 is 5.49. The van der Waals surface area contributed by atoms with Crippen LogP contribution in [0.25, 0.3) is 11.4 Å². The molecule has 1 aliphatic heterocycles. The van der Waals surface area contributed by atoms with Gasteiger partial charge in [-0.3, -0.25) is 19.6 Å². The van der Waals surface area contributed by atoms with E-state index in [9.17, 15) is 9.59 Å². The van der Waals surface area contributed by atoms with Gasteiger partial charge in [-0.15, -0.1) is 0 Å². The third-order valence-electron chi connectivity index (χ3n) is 4.92. The maximum absolute atomic E-state index is 12.4. The second-order valence-corrected chi connectivity index (χ2v) is 6.86. The molecule has 0 unspecified atom stereocenters. The molecule has 1 fully saturated rings. The van der Waals surface area contributed by atoms with Crippen LogP contribution in [0.3, 0.4) is 0 Å². The van der Waals surface area contributed by atoms with E-state index in [0.717, 1.165) is 12.8 Å². The third-order valence-corrected chi connectivity index (χ3v) is 4.92. The number of aromatic nitrogens is 4. The van der Waals surface area contributed by atoms with Crippen LogP contribution >= 0.6 is 0 Å². The molecule has 1 amide bonds. The topological polar surface area (TPSA) is 101 Å². The van der Waals surface area contributed by atoms with Crippen molar-refractivity contribution >= 4 is 5.91 Å². The number of hydrogen-bond donors (Lipinski definition) is 1. The van der Waals surface area contributed by atoms with Gasteiger partial charge in [0.25, 0.3) is 11.5 Å². The predicted molar refractivity (Wildman–Crippen MR) is 106 cm³/mol. The van der Waals surface area contributed by atoms with Crippen LogP contribution in [0.1, 0.15) is 24.6 Å². The predicted octanol–water partition coefficient (Wildman–Crippen LogP) is 2.01. The first kappa shape index (κ1) is 18.8. The monoisotopic (exact) mass is 391 g/mol. The van der Waals surface area contributed by atoms with E-state index < -0.39 is 0 Å². The molecule has 8 heteroatoms. The molecule has 8 nitrogen and oxygen atoms in total. The van der Waals surface area contributed by atoms with Crippen LogP contribution in [-0.4, -0.2) is 50.4 Å². The second kappa shape index (κ2) is 8.64. The maximum Gasteiger partial charge on any atom is 0.260 e. The molecular weight excluding hydrogens is 370 g/mol. The summed E-state index contributed by atoms with van der Waals surface area (Å²) in [5.74, 6) is 1.26.